The van der Waals surface area contributed by atoms with Gasteiger partial charge in [0.05, 0.1) is 16.5 Å². The van der Waals surface area contributed by atoms with Crippen LogP contribution in [0, 0.1) is 0 Å². The average Bonchev–Trinajstić information content (AvgIpc) is 3.17. The maximum Gasteiger partial charge on any atom is 0.335 e. The second kappa shape index (κ2) is 7.20. The Kier molecular flexibility index (Phi) is 4.86. The molecule has 1 unspecified atom stereocenters. The molecule has 0 aliphatic carbocycles. The van der Waals surface area contributed by atoms with Crippen LogP contribution in [-0.2, 0) is 16.6 Å². The molecule has 0 saturated heterocycles. The molecular weight excluding hydrogens is 444 g/mol. The summed E-state index contributed by atoms with van der Waals surface area (Å²) in [6, 6.07) is 16.3. The number of carboxylic acids is 1. The van der Waals surface area contributed by atoms with Crippen molar-refractivity contribution in [2.24, 2.45) is 0 Å². The first kappa shape index (κ1) is 18.9. The van der Waals surface area contributed by atoms with Crippen LogP contribution in [0.4, 0.5) is 0 Å². The summed E-state index contributed by atoms with van der Waals surface area (Å²) in [5, 5.41) is 9.06. The third kappa shape index (κ3) is 3.28. The van der Waals surface area contributed by atoms with Crippen LogP contribution in [0.2, 0.25) is 0 Å². The van der Waals surface area contributed by atoms with Gasteiger partial charge in [-0.25, -0.2) is 13.2 Å². The van der Waals surface area contributed by atoms with Crippen LogP contribution in [-0.4, -0.2) is 34.9 Å². The summed E-state index contributed by atoms with van der Waals surface area (Å²) in [5.41, 5.74) is 1.82. The molecule has 0 bridgehead atoms. The van der Waals surface area contributed by atoms with Crippen molar-refractivity contribution in [3.8, 4) is 0 Å². The van der Waals surface area contributed by atoms with E-state index in [1.165, 1.54) is 28.6 Å². The van der Waals surface area contributed by atoms with Gasteiger partial charge in [-0.2, -0.15) is 4.31 Å². The number of fused-ring (bicyclic) bond motifs is 1. The lowest BCUT2D eigenvalue weighted by atomic mass is 10.0. The largest absolute Gasteiger partial charge is 0.478 e. The van der Waals surface area contributed by atoms with Crippen molar-refractivity contribution in [2.45, 2.75) is 17.5 Å². The second-order valence-corrected chi connectivity index (χ2v) is 9.33. The van der Waals surface area contributed by atoms with Gasteiger partial charge in [0.25, 0.3) is 0 Å². The maximum absolute atomic E-state index is 13.4. The Morgan fingerprint density at radius 1 is 1.00 bits per heavy atom. The number of hydrogen-bond donors (Lipinski definition) is 1. The molecule has 28 heavy (non-hydrogen) atoms. The molecule has 1 aliphatic rings. The Morgan fingerprint density at radius 2 is 1.68 bits per heavy atom. The van der Waals surface area contributed by atoms with E-state index in [-0.39, 0.29) is 10.5 Å². The summed E-state index contributed by atoms with van der Waals surface area (Å²) in [6.45, 7) is 0.882. The minimum Gasteiger partial charge on any atom is -0.478 e. The molecule has 3 aromatic rings. The third-order valence-corrected chi connectivity index (χ3v) is 7.30. The first-order valence-corrected chi connectivity index (χ1v) is 10.9. The van der Waals surface area contributed by atoms with Crippen molar-refractivity contribution in [3.63, 3.8) is 0 Å². The zero-order chi connectivity index (χ0) is 19.9. The minimum atomic E-state index is -3.82. The topological polar surface area (TPSA) is 79.6 Å². The van der Waals surface area contributed by atoms with E-state index in [4.69, 9.17) is 5.11 Å². The zero-order valence-corrected chi connectivity index (χ0v) is 17.1. The molecule has 1 atom stereocenters. The lowest BCUT2D eigenvalue weighted by molar-refractivity contribution is 0.0696. The molecule has 1 aliphatic heterocycles. The predicted octanol–water partition coefficient (Wildman–Crippen LogP) is 3.74. The average molecular weight is 461 g/mol. The summed E-state index contributed by atoms with van der Waals surface area (Å²) < 4.78 is 31.3. The van der Waals surface area contributed by atoms with E-state index in [0.29, 0.717) is 13.1 Å². The Bertz CT molecular complexity index is 1120. The molecule has 1 aromatic heterocycles. The SMILES string of the molecule is O=C(O)c1ccc(S(=O)(=O)N2CCn3cccc3C2c2ccc(Br)cc2)cc1. The molecule has 0 spiro atoms. The fraction of sp³-hybridized carbons (Fsp3) is 0.150. The van der Waals surface area contributed by atoms with Gasteiger partial charge < -0.3 is 9.67 Å². The van der Waals surface area contributed by atoms with Gasteiger partial charge in [0.1, 0.15) is 0 Å². The molecular formula is C20H17BrN2O4S. The van der Waals surface area contributed by atoms with Gasteiger partial charge in [-0.05, 0) is 54.1 Å². The van der Waals surface area contributed by atoms with E-state index in [9.17, 15) is 13.2 Å². The highest BCUT2D eigenvalue weighted by molar-refractivity contribution is 9.10. The van der Waals surface area contributed by atoms with Crippen molar-refractivity contribution in [2.75, 3.05) is 6.54 Å². The smallest absolute Gasteiger partial charge is 0.335 e. The van der Waals surface area contributed by atoms with E-state index >= 15 is 0 Å². The molecule has 8 heteroatoms. The quantitative estimate of drug-likeness (QED) is 0.642. The predicted molar refractivity (Wildman–Crippen MR) is 108 cm³/mol. The van der Waals surface area contributed by atoms with Crippen LogP contribution < -0.4 is 0 Å². The Morgan fingerprint density at radius 3 is 2.32 bits per heavy atom. The number of hydrogen-bond acceptors (Lipinski definition) is 3. The molecule has 6 nitrogen and oxygen atoms in total. The lowest BCUT2D eigenvalue weighted by Gasteiger charge is -2.36. The fourth-order valence-electron chi connectivity index (χ4n) is 3.51. The van der Waals surface area contributed by atoms with Crippen molar-refractivity contribution in [3.05, 3.63) is 88.2 Å². The summed E-state index contributed by atoms with van der Waals surface area (Å²) in [4.78, 5) is 11.2. The number of carboxylic acid groups (broad SMARTS) is 1. The van der Waals surface area contributed by atoms with Gasteiger partial charge in [-0.15, -0.1) is 0 Å². The molecule has 144 valence electrons. The first-order chi connectivity index (χ1) is 13.4. The monoisotopic (exact) mass is 460 g/mol. The molecule has 2 heterocycles. The molecule has 0 saturated carbocycles. The number of rotatable bonds is 4. The van der Waals surface area contributed by atoms with E-state index < -0.39 is 22.0 Å². The Hall–Kier alpha value is -2.42. The number of benzene rings is 2. The minimum absolute atomic E-state index is 0.0518. The molecule has 0 fully saturated rings. The van der Waals surface area contributed by atoms with Crippen LogP contribution in [0.15, 0.2) is 76.2 Å². The van der Waals surface area contributed by atoms with Crippen LogP contribution in [0.3, 0.4) is 0 Å². The number of aromatic carboxylic acids is 1. The Labute approximate surface area is 171 Å². The van der Waals surface area contributed by atoms with E-state index in [1.54, 1.807) is 0 Å². The van der Waals surface area contributed by atoms with E-state index in [1.807, 2.05) is 42.6 Å². The standard InChI is InChI=1S/C20H17BrN2O4S/c21-16-7-3-14(4-8-16)19-18-2-1-11-22(18)12-13-23(19)28(26,27)17-9-5-15(6-10-17)20(24)25/h1-11,19H,12-13H2,(H,24,25). The maximum atomic E-state index is 13.4. The molecule has 2 aromatic carbocycles. The zero-order valence-electron chi connectivity index (χ0n) is 14.7. The first-order valence-electron chi connectivity index (χ1n) is 8.63. The highest BCUT2D eigenvalue weighted by atomic mass is 79.9. The van der Waals surface area contributed by atoms with Crippen molar-refractivity contribution in [1.29, 1.82) is 0 Å². The van der Waals surface area contributed by atoms with Crippen molar-refractivity contribution in [1.82, 2.24) is 8.87 Å². The van der Waals surface area contributed by atoms with Crippen LogP contribution in [0.25, 0.3) is 0 Å². The van der Waals surface area contributed by atoms with Gasteiger partial charge in [0, 0.05) is 29.5 Å². The number of aromatic nitrogens is 1. The van der Waals surface area contributed by atoms with Crippen LogP contribution in [0.1, 0.15) is 27.7 Å². The number of sulfonamides is 1. The molecule has 0 radical (unpaired) electrons. The normalized spacial score (nSPS) is 17.2. The summed E-state index contributed by atoms with van der Waals surface area (Å²) in [7, 11) is -3.82. The van der Waals surface area contributed by atoms with Crippen LogP contribution >= 0.6 is 15.9 Å². The van der Waals surface area contributed by atoms with E-state index in [0.717, 1.165) is 15.7 Å². The fourth-order valence-corrected chi connectivity index (χ4v) is 5.35. The number of carbonyl (C=O) groups is 1. The Balaban J connectivity index is 1.80. The van der Waals surface area contributed by atoms with Gasteiger partial charge in [0.15, 0.2) is 0 Å². The molecule has 1 N–H and O–H groups in total. The highest BCUT2D eigenvalue weighted by Gasteiger charge is 2.37. The summed E-state index contributed by atoms with van der Waals surface area (Å²) >= 11 is 3.42. The van der Waals surface area contributed by atoms with E-state index in [2.05, 4.69) is 20.5 Å². The van der Waals surface area contributed by atoms with Crippen molar-refractivity contribution >= 4 is 31.9 Å². The lowest BCUT2D eigenvalue weighted by Crippen LogP contribution is -2.42. The van der Waals surface area contributed by atoms with Gasteiger partial charge in [0.2, 0.25) is 10.0 Å². The van der Waals surface area contributed by atoms with Crippen molar-refractivity contribution < 1.29 is 18.3 Å². The second-order valence-electron chi connectivity index (χ2n) is 6.53. The van der Waals surface area contributed by atoms with Gasteiger partial charge in [-0.3, -0.25) is 0 Å². The molecule has 4 rings (SSSR count). The van der Waals surface area contributed by atoms with Gasteiger partial charge in [-0.1, -0.05) is 28.1 Å². The van der Waals surface area contributed by atoms with Gasteiger partial charge >= 0.3 is 5.97 Å². The number of halogens is 1. The molecule has 0 amide bonds. The third-order valence-electron chi connectivity index (χ3n) is 4.89. The summed E-state index contributed by atoms with van der Waals surface area (Å²) in [5.74, 6) is -1.09. The summed E-state index contributed by atoms with van der Waals surface area (Å²) in [6.07, 6.45) is 1.95. The number of nitrogens with zero attached hydrogens (tertiary/aromatic N) is 2. The van der Waals surface area contributed by atoms with Crippen LogP contribution in [0.5, 0.6) is 0 Å². The highest BCUT2D eigenvalue weighted by Crippen LogP contribution is 2.36.